The van der Waals surface area contributed by atoms with Crippen molar-refractivity contribution in [2.24, 2.45) is 0 Å². The molecule has 3 aromatic carbocycles. The second kappa shape index (κ2) is 7.92. The first kappa shape index (κ1) is 17.7. The van der Waals surface area contributed by atoms with Crippen molar-refractivity contribution in [3.63, 3.8) is 0 Å². The molecule has 1 heterocycles. The third-order valence-electron chi connectivity index (χ3n) is 4.82. The molecular weight excluding hydrogens is 346 g/mol. The zero-order valence-corrected chi connectivity index (χ0v) is 15.6. The van der Waals surface area contributed by atoms with E-state index in [1.165, 1.54) is 0 Å². The summed E-state index contributed by atoms with van der Waals surface area (Å²) >= 11 is 0. The van der Waals surface area contributed by atoms with E-state index in [1.54, 1.807) is 15.8 Å². The minimum Gasteiger partial charge on any atom is -0.331 e. The molecule has 0 aliphatic carbocycles. The number of carbonyl (C=O) groups excluding carboxylic acids is 1. The third kappa shape index (κ3) is 3.58. The molecule has 138 valence electrons. The highest BCUT2D eigenvalue weighted by Crippen LogP contribution is 2.28. The lowest BCUT2D eigenvalue weighted by molar-refractivity contribution is 0.0755. The Bertz CT molecular complexity index is 987. The molecule has 0 fully saturated rings. The molecule has 4 rings (SSSR count). The second-order valence-electron chi connectivity index (χ2n) is 6.64. The van der Waals surface area contributed by atoms with Crippen molar-refractivity contribution in [1.82, 2.24) is 14.7 Å². The highest BCUT2D eigenvalue weighted by Gasteiger charge is 2.24. The fourth-order valence-electron chi connectivity index (χ4n) is 3.41. The van der Waals surface area contributed by atoms with E-state index in [1.807, 2.05) is 80.0 Å². The summed E-state index contributed by atoms with van der Waals surface area (Å²) in [7, 11) is 1.86. The molecule has 1 amide bonds. The van der Waals surface area contributed by atoms with Crippen LogP contribution in [0.4, 0.5) is 0 Å². The number of nitrogens with zero attached hydrogens (tertiary/aromatic N) is 3. The van der Waals surface area contributed by atoms with Crippen LogP contribution in [0, 0.1) is 0 Å². The Kier molecular flexibility index (Phi) is 5.02. The van der Waals surface area contributed by atoms with Gasteiger partial charge in [0.2, 0.25) is 0 Å². The second-order valence-corrected chi connectivity index (χ2v) is 6.64. The van der Waals surface area contributed by atoms with Crippen LogP contribution in [0.2, 0.25) is 0 Å². The molecule has 0 N–H and O–H groups in total. The normalized spacial score (nSPS) is 10.8. The van der Waals surface area contributed by atoms with Crippen LogP contribution in [0.3, 0.4) is 0 Å². The van der Waals surface area contributed by atoms with E-state index >= 15 is 0 Å². The van der Waals surface area contributed by atoms with Gasteiger partial charge in [-0.05, 0) is 41.5 Å². The maximum absolute atomic E-state index is 13.2. The molecule has 0 spiro atoms. The fraction of sp³-hybridized carbons (Fsp3) is 0.0833. The Morgan fingerprint density at radius 1 is 0.821 bits per heavy atom. The summed E-state index contributed by atoms with van der Waals surface area (Å²) in [6.45, 7) is 0. The number of aromatic nitrogens is 2. The van der Waals surface area contributed by atoms with E-state index in [-0.39, 0.29) is 11.9 Å². The van der Waals surface area contributed by atoms with Crippen LogP contribution in [0.25, 0.3) is 5.69 Å². The van der Waals surface area contributed by atoms with Gasteiger partial charge in [0.25, 0.3) is 5.91 Å². The lowest BCUT2D eigenvalue weighted by atomic mass is 9.97. The summed E-state index contributed by atoms with van der Waals surface area (Å²) in [5, 5.41) is 4.23. The number of hydrogen-bond acceptors (Lipinski definition) is 2. The molecule has 0 saturated heterocycles. The summed E-state index contributed by atoms with van der Waals surface area (Å²) in [6.07, 6.45) is 3.61. The first-order valence-electron chi connectivity index (χ1n) is 9.21. The first-order valence-corrected chi connectivity index (χ1v) is 9.21. The van der Waals surface area contributed by atoms with Crippen LogP contribution < -0.4 is 0 Å². The topological polar surface area (TPSA) is 38.1 Å². The van der Waals surface area contributed by atoms with Crippen LogP contribution in [-0.4, -0.2) is 27.6 Å². The lowest BCUT2D eigenvalue weighted by Crippen LogP contribution is -2.32. The molecule has 4 heteroatoms. The van der Waals surface area contributed by atoms with Gasteiger partial charge >= 0.3 is 0 Å². The predicted octanol–water partition coefficient (Wildman–Crippen LogP) is 4.73. The molecule has 4 nitrogen and oxygen atoms in total. The molecule has 0 atom stereocenters. The summed E-state index contributed by atoms with van der Waals surface area (Å²) in [6, 6.07) is 29.5. The summed E-state index contributed by atoms with van der Waals surface area (Å²) in [4.78, 5) is 15.0. The number of rotatable bonds is 5. The summed E-state index contributed by atoms with van der Waals surface area (Å²) in [5.41, 5.74) is 3.73. The van der Waals surface area contributed by atoms with Gasteiger partial charge in [0.1, 0.15) is 0 Å². The molecule has 0 aliphatic rings. The minimum absolute atomic E-state index is 0.0234. The maximum Gasteiger partial charge on any atom is 0.254 e. The van der Waals surface area contributed by atoms with E-state index in [0.717, 1.165) is 16.8 Å². The standard InChI is InChI=1S/C24H21N3O/c1-26(23(19-9-4-2-5-10-19)20-11-6-3-7-12-20)24(28)21-13-15-22(16-14-21)27-18-8-17-25-27/h2-18,23H,1H3. The zero-order chi connectivity index (χ0) is 19.3. The van der Waals surface area contributed by atoms with Gasteiger partial charge in [-0.15, -0.1) is 0 Å². The third-order valence-corrected chi connectivity index (χ3v) is 4.82. The summed E-state index contributed by atoms with van der Waals surface area (Å²) < 4.78 is 1.77. The van der Waals surface area contributed by atoms with Gasteiger partial charge in [0.15, 0.2) is 0 Å². The van der Waals surface area contributed by atoms with E-state index in [0.29, 0.717) is 5.56 Å². The molecule has 1 aromatic heterocycles. The zero-order valence-electron chi connectivity index (χ0n) is 15.6. The van der Waals surface area contributed by atoms with E-state index in [9.17, 15) is 4.79 Å². The van der Waals surface area contributed by atoms with Gasteiger partial charge < -0.3 is 4.90 Å². The Morgan fingerprint density at radius 2 is 1.39 bits per heavy atom. The Morgan fingerprint density at radius 3 is 1.89 bits per heavy atom. The van der Waals surface area contributed by atoms with Crippen molar-refractivity contribution in [2.75, 3.05) is 7.05 Å². The van der Waals surface area contributed by atoms with Crippen LogP contribution in [0.1, 0.15) is 27.5 Å². The molecule has 4 aromatic rings. The van der Waals surface area contributed by atoms with Crippen molar-refractivity contribution in [2.45, 2.75) is 6.04 Å². The number of carbonyl (C=O) groups is 1. The van der Waals surface area contributed by atoms with E-state index < -0.39 is 0 Å². The molecule has 0 saturated carbocycles. The Labute approximate surface area is 164 Å². The fourth-order valence-corrected chi connectivity index (χ4v) is 3.41. The molecule has 0 aliphatic heterocycles. The molecule has 0 unspecified atom stereocenters. The van der Waals surface area contributed by atoms with Crippen LogP contribution in [-0.2, 0) is 0 Å². The first-order chi connectivity index (χ1) is 13.7. The van der Waals surface area contributed by atoms with Crippen LogP contribution in [0.15, 0.2) is 103 Å². The van der Waals surface area contributed by atoms with Gasteiger partial charge in [0, 0.05) is 25.0 Å². The lowest BCUT2D eigenvalue weighted by Gasteiger charge is -2.29. The molecule has 28 heavy (non-hydrogen) atoms. The smallest absolute Gasteiger partial charge is 0.254 e. The van der Waals surface area contributed by atoms with E-state index in [2.05, 4.69) is 29.4 Å². The molecular formula is C24H21N3O. The molecule has 0 bridgehead atoms. The average Bonchev–Trinajstić information content (AvgIpc) is 3.30. The van der Waals surface area contributed by atoms with Crippen molar-refractivity contribution in [1.29, 1.82) is 0 Å². The predicted molar refractivity (Wildman–Crippen MR) is 110 cm³/mol. The van der Waals surface area contributed by atoms with Crippen molar-refractivity contribution >= 4 is 5.91 Å². The Balaban J connectivity index is 1.65. The highest BCUT2D eigenvalue weighted by molar-refractivity contribution is 5.94. The van der Waals surface area contributed by atoms with Crippen LogP contribution >= 0.6 is 0 Å². The van der Waals surface area contributed by atoms with Crippen molar-refractivity contribution < 1.29 is 4.79 Å². The van der Waals surface area contributed by atoms with Gasteiger partial charge in [-0.25, -0.2) is 4.68 Å². The van der Waals surface area contributed by atoms with Gasteiger partial charge in [-0.3, -0.25) is 4.79 Å². The highest BCUT2D eigenvalue weighted by atomic mass is 16.2. The van der Waals surface area contributed by atoms with Crippen LogP contribution in [0.5, 0.6) is 0 Å². The van der Waals surface area contributed by atoms with E-state index in [4.69, 9.17) is 0 Å². The van der Waals surface area contributed by atoms with Gasteiger partial charge in [0.05, 0.1) is 11.7 Å². The quantitative estimate of drug-likeness (QED) is 0.511. The van der Waals surface area contributed by atoms with Gasteiger partial charge in [-0.2, -0.15) is 5.10 Å². The number of amides is 1. The SMILES string of the molecule is CN(C(=O)c1ccc(-n2cccn2)cc1)C(c1ccccc1)c1ccccc1. The Hall–Kier alpha value is -3.66. The average molecular weight is 367 g/mol. The largest absolute Gasteiger partial charge is 0.331 e. The summed E-state index contributed by atoms with van der Waals surface area (Å²) in [5.74, 6) is -0.0234. The number of benzene rings is 3. The minimum atomic E-state index is -0.152. The molecule has 0 radical (unpaired) electrons. The van der Waals surface area contributed by atoms with Crippen molar-refractivity contribution in [3.8, 4) is 5.69 Å². The maximum atomic E-state index is 13.2. The monoisotopic (exact) mass is 367 g/mol. The van der Waals surface area contributed by atoms with Gasteiger partial charge in [-0.1, -0.05) is 60.7 Å². The van der Waals surface area contributed by atoms with Crippen molar-refractivity contribution in [3.05, 3.63) is 120 Å². The number of hydrogen-bond donors (Lipinski definition) is 0.